The van der Waals surface area contributed by atoms with E-state index >= 15 is 0 Å². The van der Waals surface area contributed by atoms with Crippen LogP contribution in [-0.4, -0.2) is 19.0 Å². The second kappa shape index (κ2) is 3.37. The minimum absolute atomic E-state index is 0.973. The van der Waals surface area contributed by atoms with E-state index in [1.807, 2.05) is 18.2 Å². The van der Waals surface area contributed by atoms with Gasteiger partial charge in [0, 0.05) is 6.54 Å². The van der Waals surface area contributed by atoms with Crippen LogP contribution in [0.2, 0.25) is 0 Å². The number of hydrogen-bond donors (Lipinski definition) is 0. The molecule has 1 nitrogen and oxygen atoms in total. The largest absolute Gasteiger partial charge is 0.307 e. The van der Waals surface area contributed by atoms with Crippen molar-refractivity contribution in [3.05, 3.63) is 35.9 Å². The Bertz CT molecular complexity index is 179. The Hall–Kier alpha value is -0.820. The molecule has 0 unspecified atom stereocenters. The first-order chi connectivity index (χ1) is 4.79. The highest BCUT2D eigenvalue weighted by atomic mass is 15.0. The summed E-state index contributed by atoms with van der Waals surface area (Å²) < 4.78 is 0. The van der Waals surface area contributed by atoms with Crippen LogP contribution in [0.4, 0.5) is 0 Å². The quantitative estimate of drug-likeness (QED) is 0.555. The summed E-state index contributed by atoms with van der Waals surface area (Å²) in [5, 5.41) is 0. The van der Waals surface area contributed by atoms with Gasteiger partial charge in [-0.2, -0.15) is 30.3 Å². The van der Waals surface area contributed by atoms with Crippen molar-refractivity contribution in [1.29, 1.82) is 0 Å². The van der Waals surface area contributed by atoms with Crippen LogP contribution in [0, 0.1) is 6.07 Å². The highest BCUT2D eigenvalue weighted by Gasteiger charge is 1.84. The van der Waals surface area contributed by atoms with Crippen molar-refractivity contribution < 1.29 is 0 Å². The molecule has 0 saturated carbocycles. The average Bonchev–Trinajstić information content (AvgIpc) is 1.88. The normalized spacial score (nSPS) is 10.3. The van der Waals surface area contributed by atoms with Crippen molar-refractivity contribution in [2.45, 2.75) is 6.54 Å². The number of rotatable bonds is 2. The van der Waals surface area contributed by atoms with E-state index in [9.17, 15) is 0 Å². The molecule has 0 aliphatic rings. The Kier molecular flexibility index (Phi) is 2.46. The van der Waals surface area contributed by atoms with Gasteiger partial charge in [-0.3, -0.25) is 0 Å². The summed E-state index contributed by atoms with van der Waals surface area (Å²) in [4.78, 5) is 2.13. The van der Waals surface area contributed by atoms with Gasteiger partial charge in [-0.05, 0) is 14.1 Å². The van der Waals surface area contributed by atoms with E-state index in [0.717, 1.165) is 6.54 Å². The van der Waals surface area contributed by atoms with Gasteiger partial charge in [-0.25, -0.2) is 0 Å². The lowest BCUT2D eigenvalue weighted by molar-refractivity contribution is 0.402. The monoisotopic (exact) mass is 134 g/mol. The van der Waals surface area contributed by atoms with E-state index in [4.69, 9.17) is 0 Å². The molecule has 0 amide bonds. The first-order valence-corrected chi connectivity index (χ1v) is 3.39. The summed E-state index contributed by atoms with van der Waals surface area (Å²) in [6, 6.07) is 11.2. The number of nitrogens with zero attached hydrogens (tertiary/aromatic N) is 1. The molecule has 1 aromatic rings. The van der Waals surface area contributed by atoms with Crippen LogP contribution in [0.5, 0.6) is 0 Å². The van der Waals surface area contributed by atoms with Crippen LogP contribution in [0.15, 0.2) is 24.3 Å². The van der Waals surface area contributed by atoms with Crippen molar-refractivity contribution in [1.82, 2.24) is 4.90 Å². The van der Waals surface area contributed by atoms with E-state index in [0.29, 0.717) is 0 Å². The predicted molar refractivity (Wildman–Crippen MR) is 42.7 cm³/mol. The zero-order chi connectivity index (χ0) is 7.40. The Labute approximate surface area is 62.3 Å². The topological polar surface area (TPSA) is 3.24 Å². The maximum atomic E-state index is 3.16. The predicted octanol–water partition coefficient (Wildman–Crippen LogP) is 1.55. The van der Waals surface area contributed by atoms with E-state index < -0.39 is 0 Å². The van der Waals surface area contributed by atoms with Gasteiger partial charge < -0.3 is 4.90 Å². The van der Waals surface area contributed by atoms with Crippen LogP contribution in [0.25, 0.3) is 0 Å². The molecule has 0 saturated heterocycles. The van der Waals surface area contributed by atoms with Crippen LogP contribution in [0.1, 0.15) is 5.56 Å². The molecule has 0 atom stereocenters. The molecule has 0 spiro atoms. The molecule has 0 aromatic heterocycles. The Morgan fingerprint density at radius 3 is 2.70 bits per heavy atom. The van der Waals surface area contributed by atoms with Crippen LogP contribution in [-0.2, 0) is 6.54 Å². The molecule has 1 heteroatoms. The Balaban J connectivity index is 2.59. The Morgan fingerprint density at radius 2 is 2.20 bits per heavy atom. The molecule has 1 rings (SSSR count). The summed E-state index contributed by atoms with van der Waals surface area (Å²) in [6.07, 6.45) is 0. The molecular weight excluding hydrogens is 122 g/mol. The third kappa shape index (κ3) is 2.19. The van der Waals surface area contributed by atoms with Gasteiger partial charge in [-0.15, -0.1) is 5.56 Å². The number of benzene rings is 1. The first kappa shape index (κ1) is 7.29. The molecule has 10 heavy (non-hydrogen) atoms. The van der Waals surface area contributed by atoms with Crippen LogP contribution in [0.3, 0.4) is 0 Å². The summed E-state index contributed by atoms with van der Waals surface area (Å²) in [5.74, 6) is 0. The molecule has 0 radical (unpaired) electrons. The second-order valence-corrected chi connectivity index (χ2v) is 2.63. The van der Waals surface area contributed by atoms with Gasteiger partial charge >= 0.3 is 0 Å². The van der Waals surface area contributed by atoms with Crippen LogP contribution >= 0.6 is 0 Å². The summed E-state index contributed by atoms with van der Waals surface area (Å²) in [6.45, 7) is 0.973. The summed E-state index contributed by atoms with van der Waals surface area (Å²) >= 11 is 0. The van der Waals surface area contributed by atoms with Crippen molar-refractivity contribution >= 4 is 0 Å². The third-order valence-corrected chi connectivity index (χ3v) is 1.26. The fourth-order valence-corrected chi connectivity index (χ4v) is 0.870. The van der Waals surface area contributed by atoms with Crippen LogP contribution < -0.4 is 0 Å². The minimum Gasteiger partial charge on any atom is -0.307 e. The van der Waals surface area contributed by atoms with Gasteiger partial charge in [-0.1, -0.05) is 0 Å². The molecule has 1 aromatic carbocycles. The summed E-state index contributed by atoms with van der Waals surface area (Å²) in [7, 11) is 4.11. The third-order valence-electron chi connectivity index (χ3n) is 1.26. The molecule has 0 heterocycles. The zero-order valence-electron chi connectivity index (χ0n) is 6.46. The molecule has 0 N–H and O–H groups in total. The molecule has 0 fully saturated rings. The van der Waals surface area contributed by atoms with Gasteiger partial charge in [0.25, 0.3) is 0 Å². The van der Waals surface area contributed by atoms with Crippen molar-refractivity contribution in [2.75, 3.05) is 14.1 Å². The van der Waals surface area contributed by atoms with Gasteiger partial charge in [0.2, 0.25) is 0 Å². The lowest BCUT2D eigenvalue weighted by Gasteiger charge is -2.12. The maximum absolute atomic E-state index is 3.16. The second-order valence-electron chi connectivity index (χ2n) is 2.63. The number of hydrogen-bond acceptors (Lipinski definition) is 1. The van der Waals surface area contributed by atoms with E-state index in [2.05, 4.69) is 31.1 Å². The van der Waals surface area contributed by atoms with E-state index in [-0.39, 0.29) is 0 Å². The Morgan fingerprint density at radius 1 is 1.40 bits per heavy atom. The van der Waals surface area contributed by atoms with Gasteiger partial charge in [0.1, 0.15) is 0 Å². The van der Waals surface area contributed by atoms with Crippen molar-refractivity contribution in [2.24, 2.45) is 0 Å². The molecule has 0 aliphatic carbocycles. The average molecular weight is 134 g/mol. The van der Waals surface area contributed by atoms with Gasteiger partial charge in [0.05, 0.1) is 0 Å². The maximum Gasteiger partial charge on any atom is 0.000120 e. The van der Waals surface area contributed by atoms with Gasteiger partial charge in [0.15, 0.2) is 0 Å². The lowest BCUT2D eigenvalue weighted by Crippen LogP contribution is -2.10. The fraction of sp³-hybridized carbons (Fsp3) is 0.333. The summed E-state index contributed by atoms with van der Waals surface area (Å²) in [5.41, 5.74) is 1.24. The minimum atomic E-state index is 0.973. The lowest BCUT2D eigenvalue weighted by atomic mass is 10.2. The van der Waals surface area contributed by atoms with Crippen molar-refractivity contribution in [3.63, 3.8) is 0 Å². The van der Waals surface area contributed by atoms with Crippen molar-refractivity contribution in [3.8, 4) is 0 Å². The fourth-order valence-electron chi connectivity index (χ4n) is 0.870. The van der Waals surface area contributed by atoms with E-state index in [1.54, 1.807) is 0 Å². The highest BCUT2D eigenvalue weighted by Crippen LogP contribution is 1.98. The van der Waals surface area contributed by atoms with E-state index in [1.165, 1.54) is 5.56 Å². The highest BCUT2D eigenvalue weighted by molar-refractivity contribution is 5.12. The molecule has 0 bridgehead atoms. The molecule has 0 aliphatic heterocycles. The zero-order valence-corrected chi connectivity index (χ0v) is 6.46. The smallest absolute Gasteiger partial charge is 0.000120 e. The molecular formula is C9H12N-. The standard InChI is InChI=1S/C9H12N/c1-10(2)8-9-6-4-3-5-7-9/h3-6H,8H2,1-2H3/q-1. The SMILES string of the molecule is CN(C)Cc1[c-]cccc1. The molecule has 54 valence electrons. The first-order valence-electron chi connectivity index (χ1n) is 3.39.